The van der Waals surface area contributed by atoms with Gasteiger partial charge in [0, 0.05) is 28.7 Å². The molecule has 3 aromatic rings. The van der Waals surface area contributed by atoms with Crippen molar-refractivity contribution in [2.24, 2.45) is 0 Å². The molecule has 0 saturated carbocycles. The van der Waals surface area contributed by atoms with Gasteiger partial charge in [0.2, 0.25) is 0 Å². The minimum atomic E-state index is -0.490. The molecule has 0 spiro atoms. The number of carbonyl (C=O) groups excluding carboxylic acids is 3. The molecule has 1 amide bonds. The number of pyridine rings is 1. The second kappa shape index (κ2) is 9.41. The smallest absolute Gasteiger partial charge is 0.310 e. The maximum absolute atomic E-state index is 12.2. The Hall–Kier alpha value is -3.80. The first kappa shape index (κ1) is 19.9. The predicted molar refractivity (Wildman–Crippen MR) is 109 cm³/mol. The average Bonchev–Trinajstić information content (AvgIpc) is 2.75. The Labute approximate surface area is 168 Å². The maximum Gasteiger partial charge on any atom is 0.310 e. The van der Waals surface area contributed by atoms with Gasteiger partial charge in [-0.1, -0.05) is 24.3 Å². The van der Waals surface area contributed by atoms with Crippen LogP contribution < -0.4 is 5.32 Å². The van der Waals surface area contributed by atoms with Crippen LogP contribution in [0.4, 0.5) is 5.69 Å². The van der Waals surface area contributed by atoms with Crippen LogP contribution in [0, 0.1) is 6.92 Å². The second-order valence-corrected chi connectivity index (χ2v) is 6.47. The van der Waals surface area contributed by atoms with Crippen molar-refractivity contribution in [1.82, 2.24) is 4.98 Å². The minimum Gasteiger partial charge on any atom is -0.457 e. The highest BCUT2D eigenvalue weighted by Crippen LogP contribution is 2.12. The molecule has 1 aromatic heterocycles. The number of rotatable bonds is 7. The molecule has 0 aliphatic heterocycles. The molecule has 3 rings (SSSR count). The number of aryl methyl sites for hydroxylation is 1. The number of ketones is 1. The van der Waals surface area contributed by atoms with E-state index in [9.17, 15) is 14.4 Å². The molecule has 0 aliphatic rings. The first-order valence-electron chi connectivity index (χ1n) is 9.08. The van der Waals surface area contributed by atoms with Crippen molar-refractivity contribution in [3.05, 3.63) is 95.3 Å². The predicted octanol–water partition coefficient (Wildman–Crippen LogP) is 3.61. The normalized spacial score (nSPS) is 10.2. The molecule has 2 aromatic carbocycles. The van der Waals surface area contributed by atoms with Gasteiger partial charge in [0.05, 0.1) is 6.42 Å². The lowest BCUT2D eigenvalue weighted by Gasteiger charge is -2.07. The number of anilines is 1. The number of amides is 1. The lowest BCUT2D eigenvalue weighted by atomic mass is 10.1. The van der Waals surface area contributed by atoms with E-state index in [0.29, 0.717) is 16.8 Å². The maximum atomic E-state index is 12.2. The largest absolute Gasteiger partial charge is 0.457 e. The van der Waals surface area contributed by atoms with Gasteiger partial charge < -0.3 is 10.1 Å². The number of hydrogen-bond acceptors (Lipinski definition) is 5. The zero-order valence-corrected chi connectivity index (χ0v) is 15.9. The van der Waals surface area contributed by atoms with Crippen molar-refractivity contribution < 1.29 is 19.1 Å². The topological polar surface area (TPSA) is 85.4 Å². The number of nitrogens with one attached hydrogen (secondary N) is 1. The molecule has 6 heteroatoms. The summed E-state index contributed by atoms with van der Waals surface area (Å²) in [5, 5.41) is 2.76. The first-order valence-corrected chi connectivity index (χ1v) is 9.08. The lowest BCUT2D eigenvalue weighted by molar-refractivity contribution is -0.141. The number of aromatic nitrogens is 1. The van der Waals surface area contributed by atoms with Gasteiger partial charge in [0.15, 0.2) is 12.4 Å². The molecular formula is C23H20N2O4. The number of benzene rings is 2. The van der Waals surface area contributed by atoms with Gasteiger partial charge in [0.1, 0.15) is 0 Å². The van der Waals surface area contributed by atoms with Gasteiger partial charge in [-0.25, -0.2) is 0 Å². The third-order valence-electron chi connectivity index (χ3n) is 4.19. The summed E-state index contributed by atoms with van der Waals surface area (Å²) in [6, 6.07) is 18.9. The molecule has 29 heavy (non-hydrogen) atoms. The van der Waals surface area contributed by atoms with Crippen molar-refractivity contribution in [3.63, 3.8) is 0 Å². The van der Waals surface area contributed by atoms with Crippen molar-refractivity contribution in [3.8, 4) is 0 Å². The van der Waals surface area contributed by atoms with Crippen LogP contribution in [0.1, 0.15) is 32.0 Å². The third-order valence-corrected chi connectivity index (χ3v) is 4.19. The Morgan fingerprint density at radius 1 is 0.897 bits per heavy atom. The monoisotopic (exact) mass is 388 g/mol. The molecule has 1 N–H and O–H groups in total. The van der Waals surface area contributed by atoms with E-state index in [1.807, 2.05) is 19.1 Å². The standard InChI is InChI=1S/C23H20N2O4/c1-16-7-8-17(14-24-16)13-22(27)29-15-21(26)18-9-11-20(12-10-18)25-23(28)19-5-3-2-4-6-19/h2-12,14H,13,15H2,1H3,(H,25,28). The van der Waals surface area contributed by atoms with Crippen molar-refractivity contribution >= 4 is 23.3 Å². The van der Waals surface area contributed by atoms with E-state index in [0.717, 1.165) is 11.3 Å². The summed E-state index contributed by atoms with van der Waals surface area (Å²) in [7, 11) is 0. The minimum absolute atomic E-state index is 0.0605. The van der Waals surface area contributed by atoms with Crippen molar-refractivity contribution in [2.45, 2.75) is 13.3 Å². The molecule has 6 nitrogen and oxygen atoms in total. The summed E-state index contributed by atoms with van der Waals surface area (Å²) < 4.78 is 5.06. The highest BCUT2D eigenvalue weighted by Gasteiger charge is 2.12. The van der Waals surface area contributed by atoms with E-state index >= 15 is 0 Å². The van der Waals surface area contributed by atoms with E-state index < -0.39 is 5.97 Å². The summed E-state index contributed by atoms with van der Waals surface area (Å²) >= 11 is 0. The Morgan fingerprint density at radius 3 is 2.28 bits per heavy atom. The van der Waals surface area contributed by atoms with Gasteiger partial charge in [-0.3, -0.25) is 19.4 Å². The molecule has 0 saturated heterocycles. The van der Waals surface area contributed by atoms with Crippen LogP contribution in [0.2, 0.25) is 0 Å². The number of nitrogens with zero attached hydrogens (tertiary/aromatic N) is 1. The van der Waals surface area contributed by atoms with Crippen LogP contribution in [0.25, 0.3) is 0 Å². The summed E-state index contributed by atoms with van der Waals surface area (Å²) in [5.41, 5.74) is 3.10. The van der Waals surface area contributed by atoms with Gasteiger partial charge in [-0.2, -0.15) is 0 Å². The number of esters is 1. The molecular weight excluding hydrogens is 368 g/mol. The molecule has 0 atom stereocenters. The van der Waals surface area contributed by atoms with E-state index in [-0.39, 0.29) is 24.7 Å². The summed E-state index contributed by atoms with van der Waals surface area (Å²) in [4.78, 5) is 40.4. The quantitative estimate of drug-likeness (QED) is 0.494. The fourth-order valence-corrected chi connectivity index (χ4v) is 2.58. The van der Waals surface area contributed by atoms with E-state index in [1.165, 1.54) is 0 Å². The number of carbonyl (C=O) groups is 3. The Morgan fingerprint density at radius 2 is 1.62 bits per heavy atom. The summed E-state index contributed by atoms with van der Waals surface area (Å²) in [6.07, 6.45) is 1.67. The number of ether oxygens (including phenoxy) is 1. The van der Waals surface area contributed by atoms with Crippen molar-refractivity contribution in [2.75, 3.05) is 11.9 Å². The number of hydrogen-bond donors (Lipinski definition) is 1. The van der Waals surface area contributed by atoms with Gasteiger partial charge in [-0.15, -0.1) is 0 Å². The van der Waals surface area contributed by atoms with E-state index in [4.69, 9.17) is 4.74 Å². The zero-order valence-electron chi connectivity index (χ0n) is 15.9. The first-order chi connectivity index (χ1) is 14.0. The molecule has 0 fully saturated rings. The Kier molecular flexibility index (Phi) is 6.47. The van der Waals surface area contributed by atoms with E-state index in [2.05, 4.69) is 10.3 Å². The zero-order chi connectivity index (χ0) is 20.6. The van der Waals surface area contributed by atoms with Crippen LogP contribution in [0.15, 0.2) is 72.9 Å². The molecule has 0 bridgehead atoms. The summed E-state index contributed by atoms with van der Waals surface area (Å²) in [5.74, 6) is -1.04. The Balaban J connectivity index is 1.50. The number of Topliss-reactive ketones (excluding diaryl/α,β-unsaturated/α-hetero) is 1. The second-order valence-electron chi connectivity index (χ2n) is 6.47. The molecule has 0 radical (unpaired) electrons. The highest BCUT2D eigenvalue weighted by molar-refractivity contribution is 6.04. The molecule has 0 aliphatic carbocycles. The van der Waals surface area contributed by atoms with Gasteiger partial charge in [0.25, 0.3) is 5.91 Å². The lowest BCUT2D eigenvalue weighted by Crippen LogP contribution is -2.16. The van der Waals surface area contributed by atoms with Crippen LogP contribution in [-0.2, 0) is 16.0 Å². The average molecular weight is 388 g/mol. The van der Waals surface area contributed by atoms with Crippen LogP contribution in [-0.4, -0.2) is 29.3 Å². The highest BCUT2D eigenvalue weighted by atomic mass is 16.5. The molecule has 0 unspecified atom stereocenters. The van der Waals surface area contributed by atoms with Gasteiger partial charge >= 0.3 is 5.97 Å². The third kappa shape index (κ3) is 5.84. The SMILES string of the molecule is Cc1ccc(CC(=O)OCC(=O)c2ccc(NC(=O)c3ccccc3)cc2)cn1. The van der Waals surface area contributed by atoms with Crippen LogP contribution in [0.3, 0.4) is 0 Å². The molecule has 1 heterocycles. The Bertz CT molecular complexity index is 997. The fraction of sp³-hybridized carbons (Fsp3) is 0.130. The van der Waals surface area contributed by atoms with Crippen molar-refractivity contribution in [1.29, 1.82) is 0 Å². The fourth-order valence-electron chi connectivity index (χ4n) is 2.58. The van der Waals surface area contributed by atoms with E-state index in [1.54, 1.807) is 60.8 Å². The van der Waals surface area contributed by atoms with Crippen LogP contribution in [0.5, 0.6) is 0 Å². The van der Waals surface area contributed by atoms with Crippen LogP contribution >= 0.6 is 0 Å². The molecule has 146 valence electrons. The van der Waals surface area contributed by atoms with Gasteiger partial charge in [-0.05, 0) is 55.0 Å². The summed E-state index contributed by atoms with van der Waals surface area (Å²) in [6.45, 7) is 1.52.